The number of aromatic nitrogens is 2. The van der Waals surface area contributed by atoms with Crippen LogP contribution in [0.4, 0.5) is 0 Å². The molecule has 0 atom stereocenters. The zero-order chi connectivity index (χ0) is 10.2. The third-order valence-corrected chi connectivity index (χ3v) is 2.11. The number of hydrogen-bond acceptors (Lipinski definition) is 3. The van der Waals surface area contributed by atoms with Crippen LogP contribution in [-0.4, -0.2) is 36.1 Å². The van der Waals surface area contributed by atoms with Crippen LogP contribution in [0.1, 0.15) is 12.6 Å². The van der Waals surface area contributed by atoms with Crippen molar-refractivity contribution in [3.05, 3.63) is 18.0 Å². The molecule has 14 heavy (non-hydrogen) atoms. The summed E-state index contributed by atoms with van der Waals surface area (Å²) in [5, 5.41) is 7.43. The van der Waals surface area contributed by atoms with Gasteiger partial charge in [0.05, 0.1) is 6.61 Å². The number of hydrogen-bond donors (Lipinski definition) is 1. The van der Waals surface area contributed by atoms with E-state index in [0.717, 1.165) is 32.7 Å². The van der Waals surface area contributed by atoms with Crippen LogP contribution in [0.3, 0.4) is 0 Å². The first kappa shape index (κ1) is 11.2. The Hall–Kier alpha value is -0.870. The van der Waals surface area contributed by atoms with Gasteiger partial charge in [0.1, 0.15) is 0 Å². The maximum Gasteiger partial charge on any atom is 0.0590 e. The Bertz CT molecular complexity index is 247. The van der Waals surface area contributed by atoms with Gasteiger partial charge >= 0.3 is 0 Å². The number of nitrogens with one attached hydrogen (secondary N) is 1. The number of nitrogens with zero attached hydrogens (tertiary/aromatic N) is 2. The second kappa shape index (κ2) is 6.56. The van der Waals surface area contributed by atoms with Gasteiger partial charge in [-0.3, -0.25) is 4.68 Å². The summed E-state index contributed by atoms with van der Waals surface area (Å²) in [6.45, 7) is 5.50. The Kier molecular flexibility index (Phi) is 5.25. The molecule has 0 aliphatic carbocycles. The largest absolute Gasteiger partial charge is 0.380 e. The summed E-state index contributed by atoms with van der Waals surface area (Å²) >= 11 is 0. The highest BCUT2D eigenvalue weighted by Gasteiger charge is 1.96. The van der Waals surface area contributed by atoms with Gasteiger partial charge in [0.25, 0.3) is 0 Å². The van der Waals surface area contributed by atoms with Gasteiger partial charge in [-0.15, -0.1) is 0 Å². The van der Waals surface area contributed by atoms with Crippen molar-refractivity contribution < 1.29 is 4.74 Å². The second-order valence-corrected chi connectivity index (χ2v) is 3.14. The van der Waals surface area contributed by atoms with E-state index in [4.69, 9.17) is 4.74 Å². The van der Waals surface area contributed by atoms with Crippen LogP contribution >= 0.6 is 0 Å². The maximum atomic E-state index is 5.21. The van der Waals surface area contributed by atoms with Crippen molar-refractivity contribution in [1.82, 2.24) is 15.1 Å². The molecule has 0 amide bonds. The molecule has 4 heteroatoms. The molecular weight excluding hydrogens is 178 g/mol. The van der Waals surface area contributed by atoms with Crippen LogP contribution in [0.15, 0.2) is 12.3 Å². The molecule has 80 valence electrons. The van der Waals surface area contributed by atoms with Crippen molar-refractivity contribution in [2.24, 2.45) is 7.05 Å². The zero-order valence-electron chi connectivity index (χ0n) is 8.99. The Morgan fingerprint density at radius 1 is 1.50 bits per heavy atom. The predicted molar refractivity (Wildman–Crippen MR) is 56.3 cm³/mol. The quantitative estimate of drug-likeness (QED) is 0.650. The summed E-state index contributed by atoms with van der Waals surface area (Å²) in [5.74, 6) is 0. The molecule has 1 heterocycles. The van der Waals surface area contributed by atoms with Gasteiger partial charge in [0, 0.05) is 45.1 Å². The van der Waals surface area contributed by atoms with Crippen molar-refractivity contribution in [1.29, 1.82) is 0 Å². The number of aryl methyl sites for hydroxylation is 1. The minimum Gasteiger partial charge on any atom is -0.380 e. The van der Waals surface area contributed by atoms with Crippen molar-refractivity contribution >= 4 is 0 Å². The SMILES string of the molecule is CCOCCNCCc1ccnn1C. The van der Waals surface area contributed by atoms with E-state index in [0.29, 0.717) is 0 Å². The normalized spacial score (nSPS) is 10.7. The van der Waals surface area contributed by atoms with E-state index in [2.05, 4.69) is 10.4 Å². The first-order valence-corrected chi connectivity index (χ1v) is 5.10. The Labute approximate surface area is 85.3 Å². The van der Waals surface area contributed by atoms with Crippen LogP contribution < -0.4 is 5.32 Å². The lowest BCUT2D eigenvalue weighted by atomic mass is 10.3. The molecule has 1 aromatic heterocycles. The molecule has 0 unspecified atom stereocenters. The Morgan fingerprint density at radius 3 is 3.00 bits per heavy atom. The maximum absolute atomic E-state index is 5.21. The minimum atomic E-state index is 0.794. The van der Waals surface area contributed by atoms with E-state index >= 15 is 0 Å². The van der Waals surface area contributed by atoms with E-state index in [1.165, 1.54) is 5.69 Å². The van der Waals surface area contributed by atoms with Gasteiger partial charge in [-0.25, -0.2) is 0 Å². The second-order valence-electron chi connectivity index (χ2n) is 3.14. The van der Waals surface area contributed by atoms with Gasteiger partial charge in [-0.05, 0) is 13.0 Å². The van der Waals surface area contributed by atoms with Crippen LogP contribution in [0.25, 0.3) is 0 Å². The standard InChI is InChI=1S/C10H19N3O/c1-3-14-9-8-11-6-4-10-5-7-12-13(10)2/h5,7,11H,3-4,6,8-9H2,1-2H3. The predicted octanol–water partition coefficient (Wildman–Crippen LogP) is 0.589. The highest BCUT2D eigenvalue weighted by atomic mass is 16.5. The molecule has 0 aliphatic rings. The lowest BCUT2D eigenvalue weighted by molar-refractivity contribution is 0.149. The summed E-state index contributed by atoms with van der Waals surface area (Å²) in [4.78, 5) is 0. The van der Waals surface area contributed by atoms with Gasteiger partial charge in [0.15, 0.2) is 0 Å². The first-order valence-electron chi connectivity index (χ1n) is 5.10. The third kappa shape index (κ3) is 3.89. The highest BCUT2D eigenvalue weighted by Crippen LogP contribution is 1.95. The smallest absolute Gasteiger partial charge is 0.0590 e. The third-order valence-electron chi connectivity index (χ3n) is 2.11. The van der Waals surface area contributed by atoms with Crippen LogP contribution in [-0.2, 0) is 18.2 Å². The first-order chi connectivity index (χ1) is 6.84. The molecule has 1 rings (SSSR count). The Balaban J connectivity index is 2.02. The summed E-state index contributed by atoms with van der Waals surface area (Å²) in [6, 6.07) is 2.05. The molecular formula is C10H19N3O. The molecule has 0 spiro atoms. The van der Waals surface area contributed by atoms with Gasteiger partial charge < -0.3 is 10.1 Å². The van der Waals surface area contributed by atoms with Crippen LogP contribution in [0, 0.1) is 0 Å². The molecule has 0 bridgehead atoms. The van der Waals surface area contributed by atoms with E-state index in [9.17, 15) is 0 Å². The van der Waals surface area contributed by atoms with Crippen LogP contribution in [0.2, 0.25) is 0 Å². The Morgan fingerprint density at radius 2 is 2.36 bits per heavy atom. The molecule has 0 aliphatic heterocycles. The fourth-order valence-electron chi connectivity index (χ4n) is 1.28. The molecule has 1 N–H and O–H groups in total. The van der Waals surface area contributed by atoms with Crippen LogP contribution in [0.5, 0.6) is 0 Å². The molecule has 0 radical (unpaired) electrons. The van der Waals surface area contributed by atoms with Crippen molar-refractivity contribution in [3.8, 4) is 0 Å². The fraction of sp³-hybridized carbons (Fsp3) is 0.700. The lowest BCUT2D eigenvalue weighted by Crippen LogP contribution is -2.22. The van der Waals surface area contributed by atoms with Crippen molar-refractivity contribution in [2.45, 2.75) is 13.3 Å². The zero-order valence-corrected chi connectivity index (χ0v) is 8.99. The lowest BCUT2D eigenvalue weighted by Gasteiger charge is -2.04. The van der Waals surface area contributed by atoms with E-state index in [-0.39, 0.29) is 0 Å². The molecule has 0 saturated carbocycles. The van der Waals surface area contributed by atoms with E-state index < -0.39 is 0 Å². The molecule has 4 nitrogen and oxygen atoms in total. The fourth-order valence-corrected chi connectivity index (χ4v) is 1.28. The summed E-state index contributed by atoms with van der Waals surface area (Å²) < 4.78 is 7.12. The van der Waals surface area contributed by atoms with Gasteiger partial charge in [-0.1, -0.05) is 0 Å². The van der Waals surface area contributed by atoms with E-state index in [1.54, 1.807) is 0 Å². The molecule has 0 fully saturated rings. The molecule has 0 aromatic carbocycles. The number of ether oxygens (including phenoxy) is 1. The minimum absolute atomic E-state index is 0.794. The molecule has 1 aromatic rings. The summed E-state index contributed by atoms with van der Waals surface area (Å²) in [5.41, 5.74) is 1.26. The number of rotatable bonds is 7. The van der Waals surface area contributed by atoms with Gasteiger partial charge in [-0.2, -0.15) is 5.10 Å². The topological polar surface area (TPSA) is 39.1 Å². The monoisotopic (exact) mass is 197 g/mol. The highest BCUT2D eigenvalue weighted by molar-refractivity contribution is 5.00. The average molecular weight is 197 g/mol. The van der Waals surface area contributed by atoms with Crippen molar-refractivity contribution in [3.63, 3.8) is 0 Å². The summed E-state index contributed by atoms with van der Waals surface area (Å²) in [6.07, 6.45) is 2.85. The molecule has 0 saturated heterocycles. The average Bonchev–Trinajstić information content (AvgIpc) is 2.58. The van der Waals surface area contributed by atoms with E-state index in [1.807, 2.05) is 30.9 Å². The summed E-state index contributed by atoms with van der Waals surface area (Å²) in [7, 11) is 1.97. The van der Waals surface area contributed by atoms with Crippen molar-refractivity contribution in [2.75, 3.05) is 26.3 Å². The van der Waals surface area contributed by atoms with Gasteiger partial charge in [0.2, 0.25) is 0 Å².